The maximum Gasteiger partial charge on any atom is 0.244 e. The van der Waals surface area contributed by atoms with Crippen molar-refractivity contribution >= 4 is 124 Å². The molecule has 0 bridgehead atoms. The summed E-state index contributed by atoms with van der Waals surface area (Å²) in [6, 6.07) is 70.8. The number of fused-ring (bicyclic) bond motifs is 10. The van der Waals surface area contributed by atoms with Gasteiger partial charge in [0.2, 0.25) is 13.4 Å². The van der Waals surface area contributed by atoms with Gasteiger partial charge in [-0.25, -0.2) is 0 Å². The molecule has 4 heterocycles. The summed E-state index contributed by atoms with van der Waals surface area (Å²) in [4.78, 5) is 0. The Morgan fingerprint density at radius 1 is 0.278 bits per heavy atom. The van der Waals surface area contributed by atoms with Crippen LogP contribution in [0.1, 0.15) is 22.3 Å². The molecule has 0 aliphatic carbocycles. The van der Waals surface area contributed by atoms with Crippen LogP contribution in [0.2, 0.25) is 0 Å². The van der Waals surface area contributed by atoms with E-state index in [4.69, 9.17) is 0 Å². The molecule has 16 rings (SSSR count). The Hall–Kier alpha value is -6.73. The first-order chi connectivity index (χ1) is 35.2. The minimum atomic E-state index is 0.0974. The van der Waals surface area contributed by atoms with Crippen molar-refractivity contribution in [2.75, 3.05) is 0 Å². The van der Waals surface area contributed by atoms with Crippen LogP contribution in [0, 0.1) is 34.8 Å². The highest BCUT2D eigenvalue weighted by molar-refractivity contribution is 14.1. The van der Waals surface area contributed by atoms with E-state index in [0.29, 0.717) is 0 Å². The first kappa shape index (κ1) is 41.8. The molecule has 12 aromatic carbocycles. The third-order valence-electron chi connectivity index (χ3n) is 17.3. The highest BCUT2D eigenvalue weighted by atomic mass is 127. The van der Waals surface area contributed by atoms with E-state index in [1.165, 1.54) is 184 Å². The molecule has 4 aliphatic heterocycles. The number of rotatable bonds is 4. The molecule has 72 heavy (non-hydrogen) atoms. The van der Waals surface area contributed by atoms with Crippen LogP contribution in [0.5, 0.6) is 0 Å². The van der Waals surface area contributed by atoms with Gasteiger partial charge in [-0.15, -0.1) is 0 Å². The van der Waals surface area contributed by atoms with Gasteiger partial charge in [0.25, 0.3) is 0 Å². The van der Waals surface area contributed by atoms with Gasteiger partial charge in [0.05, 0.1) is 0 Å². The predicted molar refractivity (Wildman–Crippen MR) is 327 cm³/mol. The van der Waals surface area contributed by atoms with Crippen molar-refractivity contribution in [2.24, 2.45) is 0 Å². The molecule has 4 heteroatoms. The largest absolute Gasteiger partial charge is 0.244 e. The number of hydrogen-bond acceptors (Lipinski definition) is 0. The SMILES string of the molecule is Cc1cccc(C)c1-c1cc2c3c(cc4c(-c5c(C)cccc5C)cc5c6c(cc1c3c46)B1c3ccc(-c4ccccc4)cc3-c3cc(I)cc-5c31)B1c3ccc(-c4ccccc4)cc3-c3cc(I)cc-2c31. The summed E-state index contributed by atoms with van der Waals surface area (Å²) in [6.07, 6.45) is 0. The molecule has 0 unspecified atom stereocenters. The minimum Gasteiger partial charge on any atom is -0.0657 e. The molecule has 4 aliphatic rings. The van der Waals surface area contributed by atoms with E-state index in [0.717, 1.165) is 0 Å². The Morgan fingerprint density at radius 2 is 0.653 bits per heavy atom. The molecule has 0 atom stereocenters. The lowest BCUT2D eigenvalue weighted by Gasteiger charge is -2.33. The molecule has 0 nitrogen and oxygen atoms in total. The van der Waals surface area contributed by atoms with Crippen LogP contribution >= 0.6 is 45.2 Å². The van der Waals surface area contributed by atoms with E-state index in [9.17, 15) is 0 Å². The van der Waals surface area contributed by atoms with Crippen LogP contribution in [0.3, 0.4) is 0 Å². The lowest BCUT2D eigenvalue weighted by Crippen LogP contribution is -2.53. The minimum absolute atomic E-state index is 0.0974. The molecule has 0 amide bonds. The lowest BCUT2D eigenvalue weighted by molar-refractivity contribution is 1.38. The first-order valence-corrected chi connectivity index (χ1v) is 27.4. The van der Waals surface area contributed by atoms with Gasteiger partial charge < -0.3 is 0 Å². The average molecular weight is 1130 g/mol. The maximum absolute atomic E-state index is 2.69. The molecule has 0 radical (unpaired) electrons. The smallest absolute Gasteiger partial charge is 0.0657 e. The van der Waals surface area contributed by atoms with Crippen LogP contribution in [-0.4, -0.2) is 13.4 Å². The van der Waals surface area contributed by atoms with Crippen LogP contribution in [0.25, 0.3) is 121 Å². The van der Waals surface area contributed by atoms with Gasteiger partial charge in [-0.3, -0.25) is 0 Å². The van der Waals surface area contributed by atoms with Crippen molar-refractivity contribution in [3.05, 3.63) is 211 Å². The third-order valence-corrected chi connectivity index (χ3v) is 18.5. The summed E-state index contributed by atoms with van der Waals surface area (Å²) in [7, 11) is 0. The van der Waals surface area contributed by atoms with E-state index in [-0.39, 0.29) is 13.4 Å². The van der Waals surface area contributed by atoms with E-state index in [2.05, 4.69) is 255 Å². The van der Waals surface area contributed by atoms with Gasteiger partial charge in [-0.2, -0.15) is 0 Å². The van der Waals surface area contributed by atoms with Crippen molar-refractivity contribution in [1.82, 2.24) is 0 Å². The Bertz CT molecular complexity index is 4130. The number of benzene rings is 12. The van der Waals surface area contributed by atoms with E-state index >= 15 is 0 Å². The normalized spacial score (nSPS) is 13.1. The third kappa shape index (κ3) is 5.50. The molecule has 0 saturated heterocycles. The van der Waals surface area contributed by atoms with Crippen LogP contribution in [0.15, 0.2) is 182 Å². The van der Waals surface area contributed by atoms with Crippen LogP contribution in [-0.2, 0) is 0 Å². The van der Waals surface area contributed by atoms with Gasteiger partial charge in [0, 0.05) is 7.14 Å². The standard InChI is InChI=1S/C68H42B2I2/c1-35-13-11-14-36(2)61(35)47-31-49-55-29-43(71)27-53-45-25-42(40-19-9-6-10-20-40)22-24-58(45)70(67(53)55)60-34-52-48(62-37(3)15-12-16-38(62)4)32-50-56-30-44(72)28-54-46-26-41(39-17-7-5-8-18-39)21-23-57(46)69(68(54)56)59-33-51(47)65(63(49)60)66(52)64(50)59/h5-34H,1-4H3. The summed E-state index contributed by atoms with van der Waals surface area (Å²) >= 11 is 5.19. The monoisotopic (exact) mass is 1130 g/mol. The predicted octanol–water partition coefficient (Wildman–Crippen LogP) is 14.6. The summed E-state index contributed by atoms with van der Waals surface area (Å²) in [5.74, 6) is 0. The molecule has 334 valence electrons. The summed E-state index contributed by atoms with van der Waals surface area (Å²) in [6.45, 7) is 9.47. The summed E-state index contributed by atoms with van der Waals surface area (Å²) in [5, 5.41) is 8.39. The highest BCUT2D eigenvalue weighted by Crippen LogP contribution is 2.52. The molecule has 0 saturated carbocycles. The van der Waals surface area contributed by atoms with Crippen LogP contribution in [0.4, 0.5) is 0 Å². The average Bonchev–Trinajstić information content (AvgIpc) is 3.91. The fourth-order valence-electron chi connectivity index (χ4n) is 14.5. The van der Waals surface area contributed by atoms with Gasteiger partial charge >= 0.3 is 0 Å². The van der Waals surface area contributed by atoms with Crippen molar-refractivity contribution in [1.29, 1.82) is 0 Å². The Balaban J connectivity index is 1.11. The Kier molecular flexibility index (Phi) is 8.68. The number of aryl methyl sites for hydroxylation is 4. The zero-order valence-corrected chi connectivity index (χ0v) is 44.5. The molecule has 0 fully saturated rings. The molecular weight excluding hydrogens is 1090 g/mol. The molecule has 12 aromatic rings. The maximum atomic E-state index is 2.69. The van der Waals surface area contributed by atoms with Gasteiger partial charge in [-0.05, 0) is 265 Å². The quantitative estimate of drug-likeness (QED) is 0.0936. The van der Waals surface area contributed by atoms with Crippen molar-refractivity contribution < 1.29 is 0 Å². The van der Waals surface area contributed by atoms with Crippen LogP contribution < -0.4 is 32.8 Å². The Labute approximate surface area is 448 Å². The topological polar surface area (TPSA) is 0 Å². The van der Waals surface area contributed by atoms with Crippen molar-refractivity contribution in [3.63, 3.8) is 0 Å². The van der Waals surface area contributed by atoms with E-state index < -0.39 is 0 Å². The molecule has 0 N–H and O–H groups in total. The van der Waals surface area contributed by atoms with Gasteiger partial charge in [0.15, 0.2) is 0 Å². The molecule has 0 aromatic heterocycles. The second-order valence-electron chi connectivity index (χ2n) is 21.0. The second kappa shape index (κ2) is 14.9. The number of hydrogen-bond donors (Lipinski definition) is 0. The van der Waals surface area contributed by atoms with Crippen molar-refractivity contribution in [3.8, 4) is 89.0 Å². The molecular formula is C68H42B2I2. The number of halogens is 2. The summed E-state index contributed by atoms with van der Waals surface area (Å²) in [5.41, 5.74) is 35.2. The second-order valence-corrected chi connectivity index (χ2v) is 23.5. The fourth-order valence-corrected chi connectivity index (χ4v) is 15.7. The van der Waals surface area contributed by atoms with Gasteiger partial charge in [0.1, 0.15) is 0 Å². The van der Waals surface area contributed by atoms with Gasteiger partial charge in [-0.1, -0.05) is 166 Å². The first-order valence-electron chi connectivity index (χ1n) is 25.3. The summed E-state index contributed by atoms with van der Waals surface area (Å²) < 4.78 is 2.55. The van der Waals surface area contributed by atoms with E-state index in [1.54, 1.807) is 0 Å². The zero-order chi connectivity index (χ0) is 48.0. The molecule has 0 spiro atoms. The Morgan fingerprint density at radius 3 is 1.04 bits per heavy atom. The highest BCUT2D eigenvalue weighted by Gasteiger charge is 2.45. The lowest BCUT2D eigenvalue weighted by atomic mass is 9.34. The van der Waals surface area contributed by atoms with E-state index in [1.807, 2.05) is 0 Å². The van der Waals surface area contributed by atoms with Crippen molar-refractivity contribution in [2.45, 2.75) is 27.7 Å². The fraction of sp³-hybridized carbons (Fsp3) is 0.0588. The zero-order valence-electron chi connectivity index (χ0n) is 40.2.